The Balaban J connectivity index is 1.57. The standard InChI is InChI=1S/C15H16N6O2S/c1-8-5-20-14(23)12(4-16-15(20)24-8)13(22)19-6-11(7-19)21-10(3)17-9(2)18-21/h4-5,11H,6-7H2,1-3H3. The first-order chi connectivity index (χ1) is 11.4. The van der Waals surface area contributed by atoms with Gasteiger partial charge in [-0.1, -0.05) is 0 Å². The van der Waals surface area contributed by atoms with Crippen molar-refractivity contribution in [3.05, 3.63) is 44.8 Å². The zero-order valence-electron chi connectivity index (χ0n) is 13.6. The van der Waals surface area contributed by atoms with Crippen LogP contribution in [-0.4, -0.2) is 48.0 Å². The molecule has 0 unspecified atom stereocenters. The summed E-state index contributed by atoms with van der Waals surface area (Å²) >= 11 is 1.42. The van der Waals surface area contributed by atoms with Crippen molar-refractivity contribution >= 4 is 22.2 Å². The molecule has 8 nitrogen and oxygen atoms in total. The van der Waals surface area contributed by atoms with Crippen LogP contribution in [0.4, 0.5) is 0 Å². The number of carbonyl (C=O) groups excluding carboxylic acids is 1. The Morgan fingerprint density at radius 1 is 1.29 bits per heavy atom. The van der Waals surface area contributed by atoms with Gasteiger partial charge in [-0.2, -0.15) is 5.10 Å². The maximum absolute atomic E-state index is 12.6. The number of nitrogens with zero attached hydrogens (tertiary/aromatic N) is 6. The summed E-state index contributed by atoms with van der Waals surface area (Å²) in [6, 6.07) is 0.109. The summed E-state index contributed by atoms with van der Waals surface area (Å²) in [4.78, 5) is 36.8. The van der Waals surface area contributed by atoms with E-state index in [0.717, 1.165) is 16.5 Å². The van der Waals surface area contributed by atoms with E-state index in [1.165, 1.54) is 21.9 Å². The van der Waals surface area contributed by atoms with Gasteiger partial charge in [0.2, 0.25) is 0 Å². The molecule has 1 aliphatic rings. The van der Waals surface area contributed by atoms with E-state index in [1.54, 1.807) is 11.1 Å². The van der Waals surface area contributed by atoms with Gasteiger partial charge in [-0.15, -0.1) is 11.3 Å². The zero-order chi connectivity index (χ0) is 17.0. The van der Waals surface area contributed by atoms with E-state index in [-0.39, 0.29) is 23.1 Å². The van der Waals surface area contributed by atoms with Crippen molar-refractivity contribution in [3.8, 4) is 0 Å². The minimum atomic E-state index is -0.314. The van der Waals surface area contributed by atoms with Crippen LogP contribution >= 0.6 is 11.3 Å². The average molecular weight is 344 g/mol. The Morgan fingerprint density at radius 2 is 2.04 bits per heavy atom. The van der Waals surface area contributed by atoms with Crippen molar-refractivity contribution in [2.75, 3.05) is 13.1 Å². The molecule has 9 heteroatoms. The highest BCUT2D eigenvalue weighted by atomic mass is 32.1. The molecule has 4 heterocycles. The lowest BCUT2D eigenvalue weighted by atomic mass is 10.1. The minimum absolute atomic E-state index is 0.107. The molecule has 24 heavy (non-hydrogen) atoms. The number of rotatable bonds is 2. The summed E-state index contributed by atoms with van der Waals surface area (Å²) in [5, 5.41) is 4.35. The number of likely N-dealkylation sites (tertiary alicyclic amines) is 1. The predicted octanol–water partition coefficient (Wildman–Crippen LogP) is 0.970. The Hall–Kier alpha value is -2.55. The molecule has 1 fully saturated rings. The van der Waals surface area contributed by atoms with Gasteiger partial charge in [0.05, 0.1) is 6.04 Å². The molecule has 1 amide bonds. The maximum Gasteiger partial charge on any atom is 0.271 e. The van der Waals surface area contributed by atoms with E-state index < -0.39 is 0 Å². The zero-order valence-corrected chi connectivity index (χ0v) is 14.4. The molecule has 0 N–H and O–H groups in total. The van der Waals surface area contributed by atoms with Gasteiger partial charge in [0.25, 0.3) is 11.5 Å². The quantitative estimate of drug-likeness (QED) is 0.691. The van der Waals surface area contributed by atoms with Gasteiger partial charge in [0.15, 0.2) is 4.96 Å². The van der Waals surface area contributed by atoms with Crippen LogP contribution in [0.25, 0.3) is 4.96 Å². The van der Waals surface area contributed by atoms with Crippen LogP contribution in [0.5, 0.6) is 0 Å². The smallest absolute Gasteiger partial charge is 0.271 e. The molecular weight excluding hydrogens is 328 g/mol. The van der Waals surface area contributed by atoms with Crippen LogP contribution in [-0.2, 0) is 0 Å². The van der Waals surface area contributed by atoms with Crippen LogP contribution in [0.3, 0.4) is 0 Å². The normalized spacial score (nSPS) is 15.0. The topological polar surface area (TPSA) is 85.4 Å². The molecule has 0 saturated carbocycles. The molecular formula is C15H16N6O2S. The lowest BCUT2D eigenvalue weighted by Crippen LogP contribution is -2.52. The largest absolute Gasteiger partial charge is 0.334 e. The van der Waals surface area contributed by atoms with E-state index in [2.05, 4.69) is 15.1 Å². The van der Waals surface area contributed by atoms with Crippen LogP contribution in [0.2, 0.25) is 0 Å². The van der Waals surface area contributed by atoms with Crippen molar-refractivity contribution in [1.82, 2.24) is 29.0 Å². The van der Waals surface area contributed by atoms with Gasteiger partial charge in [0.1, 0.15) is 17.2 Å². The molecule has 0 spiro atoms. The Kier molecular flexibility index (Phi) is 3.27. The second kappa shape index (κ2) is 5.23. The third-order valence-electron chi connectivity index (χ3n) is 4.16. The molecule has 1 aliphatic heterocycles. The summed E-state index contributed by atoms with van der Waals surface area (Å²) in [6.45, 7) is 6.69. The van der Waals surface area contributed by atoms with Gasteiger partial charge in [0, 0.05) is 30.4 Å². The van der Waals surface area contributed by atoms with Gasteiger partial charge in [-0.05, 0) is 20.8 Å². The van der Waals surface area contributed by atoms with Crippen LogP contribution in [0, 0.1) is 20.8 Å². The van der Waals surface area contributed by atoms with E-state index in [1.807, 2.05) is 25.5 Å². The first-order valence-corrected chi connectivity index (χ1v) is 8.42. The highest BCUT2D eigenvalue weighted by molar-refractivity contribution is 7.16. The minimum Gasteiger partial charge on any atom is -0.334 e. The van der Waals surface area contributed by atoms with Gasteiger partial charge < -0.3 is 4.90 Å². The van der Waals surface area contributed by atoms with Crippen LogP contribution < -0.4 is 5.56 Å². The van der Waals surface area contributed by atoms with Gasteiger partial charge in [-0.3, -0.25) is 14.0 Å². The van der Waals surface area contributed by atoms with Crippen molar-refractivity contribution in [1.29, 1.82) is 0 Å². The van der Waals surface area contributed by atoms with Crippen molar-refractivity contribution in [2.45, 2.75) is 26.8 Å². The Labute approximate surface area is 141 Å². The number of thiazole rings is 1. The lowest BCUT2D eigenvalue weighted by Gasteiger charge is -2.39. The van der Waals surface area contributed by atoms with Gasteiger partial charge >= 0.3 is 0 Å². The van der Waals surface area contributed by atoms with Crippen LogP contribution in [0.15, 0.2) is 17.2 Å². The number of aryl methyl sites for hydroxylation is 3. The number of hydrogen-bond donors (Lipinski definition) is 0. The molecule has 0 atom stereocenters. The molecule has 0 aromatic carbocycles. The summed E-state index contributed by atoms with van der Waals surface area (Å²) in [7, 11) is 0. The number of aromatic nitrogens is 5. The molecule has 3 aromatic rings. The number of fused-ring (bicyclic) bond motifs is 1. The van der Waals surface area contributed by atoms with Crippen molar-refractivity contribution in [3.63, 3.8) is 0 Å². The highest BCUT2D eigenvalue weighted by Crippen LogP contribution is 2.23. The molecule has 124 valence electrons. The number of hydrogen-bond acceptors (Lipinski definition) is 6. The summed E-state index contributed by atoms with van der Waals surface area (Å²) < 4.78 is 3.28. The fourth-order valence-electron chi connectivity index (χ4n) is 2.97. The fraction of sp³-hybridized carbons (Fsp3) is 0.400. The first kappa shape index (κ1) is 15.0. The predicted molar refractivity (Wildman–Crippen MR) is 88.5 cm³/mol. The van der Waals surface area contributed by atoms with Gasteiger partial charge in [-0.25, -0.2) is 14.6 Å². The van der Waals surface area contributed by atoms with Crippen molar-refractivity contribution in [2.24, 2.45) is 0 Å². The first-order valence-electron chi connectivity index (χ1n) is 7.61. The lowest BCUT2D eigenvalue weighted by molar-refractivity contribution is 0.0494. The SMILES string of the molecule is Cc1nc(C)n(C2CN(C(=O)c3cnc4sc(C)cn4c3=O)C2)n1. The third kappa shape index (κ3) is 2.23. The highest BCUT2D eigenvalue weighted by Gasteiger charge is 2.35. The fourth-order valence-corrected chi connectivity index (χ4v) is 3.76. The molecule has 4 rings (SSSR count). The van der Waals surface area contributed by atoms with Crippen molar-refractivity contribution < 1.29 is 4.79 Å². The molecule has 1 saturated heterocycles. The second-order valence-corrected chi connectivity index (χ2v) is 7.20. The second-order valence-electron chi connectivity index (χ2n) is 5.99. The van der Waals surface area contributed by atoms with E-state index >= 15 is 0 Å². The number of carbonyl (C=O) groups is 1. The van der Waals surface area contributed by atoms with E-state index in [0.29, 0.717) is 18.1 Å². The third-order valence-corrected chi connectivity index (χ3v) is 5.07. The molecule has 3 aromatic heterocycles. The molecule has 0 radical (unpaired) electrons. The maximum atomic E-state index is 12.6. The Morgan fingerprint density at radius 3 is 2.71 bits per heavy atom. The summed E-state index contributed by atoms with van der Waals surface area (Å²) in [5.74, 6) is 1.27. The summed E-state index contributed by atoms with van der Waals surface area (Å²) in [6.07, 6.45) is 3.10. The molecule has 0 aliphatic carbocycles. The number of amides is 1. The molecule has 0 bridgehead atoms. The van der Waals surface area contributed by atoms with E-state index in [4.69, 9.17) is 0 Å². The summed E-state index contributed by atoms with van der Waals surface area (Å²) in [5.41, 5.74) is -0.208. The Bertz CT molecular complexity index is 1010. The van der Waals surface area contributed by atoms with E-state index in [9.17, 15) is 9.59 Å². The van der Waals surface area contributed by atoms with Crippen LogP contribution in [0.1, 0.15) is 32.9 Å². The monoisotopic (exact) mass is 344 g/mol. The average Bonchev–Trinajstić information content (AvgIpc) is 3.00.